The number of carbonyl (C=O) groups excluding carboxylic acids is 1. The predicted molar refractivity (Wildman–Crippen MR) is 130 cm³/mol. The molecule has 1 aromatic heterocycles. The molecule has 0 spiro atoms. The third-order valence-electron chi connectivity index (χ3n) is 5.69. The number of ether oxygens (including phenoxy) is 3. The quantitative estimate of drug-likeness (QED) is 0.415. The molecular weight excluding hydrogens is 475 g/mol. The number of methoxy groups -OCH3 is 2. The summed E-state index contributed by atoms with van der Waals surface area (Å²) in [4.78, 5) is 17.2. The average molecular weight is 501 g/mol. The van der Waals surface area contributed by atoms with Crippen molar-refractivity contribution in [1.82, 2.24) is 10.3 Å². The summed E-state index contributed by atoms with van der Waals surface area (Å²) in [6.45, 7) is 0.555. The molecule has 0 radical (unpaired) electrons. The second-order valence-corrected chi connectivity index (χ2v) is 8.67. The summed E-state index contributed by atoms with van der Waals surface area (Å²) < 4.78 is 30.1. The van der Waals surface area contributed by atoms with E-state index in [1.807, 2.05) is 0 Å². The number of amides is 1. The third kappa shape index (κ3) is 6.01. The van der Waals surface area contributed by atoms with Crippen LogP contribution in [-0.4, -0.2) is 43.4 Å². The number of halogens is 2. The van der Waals surface area contributed by atoms with Crippen molar-refractivity contribution in [2.45, 2.75) is 18.9 Å². The van der Waals surface area contributed by atoms with E-state index in [4.69, 9.17) is 25.8 Å². The van der Waals surface area contributed by atoms with Crippen molar-refractivity contribution in [2.75, 3.05) is 27.4 Å². The van der Waals surface area contributed by atoms with Gasteiger partial charge in [-0.15, -0.1) is 0 Å². The number of hydrogen-bond donors (Lipinski definition) is 2. The van der Waals surface area contributed by atoms with Crippen LogP contribution < -0.4 is 19.5 Å². The Kier molecular flexibility index (Phi) is 7.73. The normalized spacial score (nSPS) is 13.7. The minimum absolute atomic E-state index is 0.0519. The lowest BCUT2D eigenvalue weighted by Gasteiger charge is -2.16. The van der Waals surface area contributed by atoms with E-state index in [0.717, 1.165) is 0 Å². The van der Waals surface area contributed by atoms with Gasteiger partial charge < -0.3 is 24.6 Å². The summed E-state index contributed by atoms with van der Waals surface area (Å²) in [5, 5.41) is 13.3. The first-order valence-electron chi connectivity index (χ1n) is 11.2. The molecule has 7 nitrogen and oxygen atoms in total. The van der Waals surface area contributed by atoms with E-state index in [9.17, 15) is 14.3 Å². The molecule has 1 aliphatic rings. The number of aliphatic hydroxyl groups excluding tert-OH is 1. The van der Waals surface area contributed by atoms with Crippen LogP contribution in [0.2, 0.25) is 5.02 Å². The number of aromatic nitrogens is 1. The highest BCUT2D eigenvalue weighted by atomic mass is 35.5. The van der Waals surface area contributed by atoms with E-state index in [-0.39, 0.29) is 17.5 Å². The van der Waals surface area contributed by atoms with Gasteiger partial charge in [-0.25, -0.2) is 9.37 Å². The third-order valence-corrected chi connectivity index (χ3v) is 5.98. The molecule has 4 rings (SSSR count). The van der Waals surface area contributed by atoms with Crippen molar-refractivity contribution < 1.29 is 28.5 Å². The van der Waals surface area contributed by atoms with Gasteiger partial charge in [0.25, 0.3) is 5.91 Å². The van der Waals surface area contributed by atoms with Crippen molar-refractivity contribution >= 4 is 17.5 Å². The number of carbonyl (C=O) groups is 1. The number of benzene rings is 2. The zero-order valence-corrected chi connectivity index (χ0v) is 20.1. The standard InChI is InChI=1S/C26H26ClFN2O5/c1-33-23-10-8-20(30-25(23)16-5-7-19(28)18(27)11-16)21(31)13-29-26(32)17-6-9-22(24(12-17)34-2)35-14-15-3-4-15/h5-12,15,21,31H,3-4,13-14H2,1-2H3,(H,29,32). The molecule has 1 unspecified atom stereocenters. The molecule has 9 heteroatoms. The highest BCUT2D eigenvalue weighted by Crippen LogP contribution is 2.34. The van der Waals surface area contributed by atoms with Gasteiger partial charge >= 0.3 is 0 Å². The van der Waals surface area contributed by atoms with E-state index in [2.05, 4.69) is 10.3 Å². The fourth-order valence-corrected chi connectivity index (χ4v) is 3.66. The second-order valence-electron chi connectivity index (χ2n) is 8.26. The maximum absolute atomic E-state index is 13.6. The fourth-order valence-electron chi connectivity index (χ4n) is 3.48. The summed E-state index contributed by atoms with van der Waals surface area (Å²) in [6, 6.07) is 12.4. The van der Waals surface area contributed by atoms with Crippen molar-refractivity contribution in [3.05, 3.63) is 70.6 Å². The Hall–Kier alpha value is -3.36. The van der Waals surface area contributed by atoms with Crippen LogP contribution in [0.3, 0.4) is 0 Å². The number of hydrogen-bond acceptors (Lipinski definition) is 6. The Labute approximate surface area is 207 Å². The van der Waals surface area contributed by atoms with Gasteiger partial charge in [-0.05, 0) is 67.3 Å². The molecule has 35 heavy (non-hydrogen) atoms. The van der Waals surface area contributed by atoms with Crippen LogP contribution in [0.4, 0.5) is 4.39 Å². The molecule has 0 bridgehead atoms. The van der Waals surface area contributed by atoms with Crippen LogP contribution >= 0.6 is 11.6 Å². The zero-order chi connectivity index (χ0) is 24.9. The lowest BCUT2D eigenvalue weighted by molar-refractivity contribution is 0.0913. The molecule has 0 aliphatic heterocycles. The molecule has 1 amide bonds. The summed E-state index contributed by atoms with van der Waals surface area (Å²) >= 11 is 5.91. The Morgan fingerprint density at radius 2 is 1.86 bits per heavy atom. The van der Waals surface area contributed by atoms with Gasteiger partial charge in [0.1, 0.15) is 23.4 Å². The first-order chi connectivity index (χ1) is 16.9. The van der Waals surface area contributed by atoms with Gasteiger partial charge in [-0.3, -0.25) is 4.79 Å². The van der Waals surface area contributed by atoms with E-state index >= 15 is 0 Å². The van der Waals surface area contributed by atoms with E-state index < -0.39 is 11.9 Å². The molecule has 1 heterocycles. The molecule has 2 N–H and O–H groups in total. The number of nitrogens with one attached hydrogen (secondary N) is 1. The zero-order valence-electron chi connectivity index (χ0n) is 19.4. The monoisotopic (exact) mass is 500 g/mol. The van der Waals surface area contributed by atoms with Gasteiger partial charge in [0, 0.05) is 17.7 Å². The van der Waals surface area contributed by atoms with E-state index in [0.29, 0.717) is 52.3 Å². The Morgan fingerprint density at radius 3 is 2.54 bits per heavy atom. The van der Waals surface area contributed by atoms with Crippen LogP contribution in [0, 0.1) is 11.7 Å². The predicted octanol–water partition coefficient (Wildman–Crippen LogP) is 4.81. The summed E-state index contributed by atoms with van der Waals surface area (Å²) in [6.07, 6.45) is 1.25. The topological polar surface area (TPSA) is 89.9 Å². The minimum atomic E-state index is -1.09. The summed E-state index contributed by atoms with van der Waals surface area (Å²) in [5.74, 6) is 1.16. The molecule has 1 saturated carbocycles. The Bertz CT molecular complexity index is 1220. The summed E-state index contributed by atoms with van der Waals surface area (Å²) in [5.41, 5.74) is 1.60. The maximum atomic E-state index is 13.6. The largest absolute Gasteiger partial charge is 0.494 e. The van der Waals surface area contributed by atoms with Crippen LogP contribution in [-0.2, 0) is 0 Å². The van der Waals surface area contributed by atoms with E-state index in [1.54, 1.807) is 30.3 Å². The SMILES string of the molecule is COc1cc(C(=O)NCC(O)c2ccc(OC)c(-c3ccc(F)c(Cl)c3)n2)ccc1OCC1CC1. The van der Waals surface area contributed by atoms with Crippen LogP contribution in [0.5, 0.6) is 17.2 Å². The lowest BCUT2D eigenvalue weighted by Crippen LogP contribution is -2.28. The van der Waals surface area contributed by atoms with Gasteiger partial charge in [0.05, 0.1) is 31.5 Å². The lowest BCUT2D eigenvalue weighted by atomic mass is 10.1. The summed E-state index contributed by atoms with van der Waals surface area (Å²) in [7, 11) is 3.00. The van der Waals surface area contributed by atoms with Crippen molar-refractivity contribution in [3.63, 3.8) is 0 Å². The average Bonchev–Trinajstić information content (AvgIpc) is 3.71. The van der Waals surface area contributed by atoms with E-state index in [1.165, 1.54) is 45.3 Å². The van der Waals surface area contributed by atoms with Crippen LogP contribution in [0.25, 0.3) is 11.3 Å². The molecule has 3 aromatic rings. The van der Waals surface area contributed by atoms with Gasteiger partial charge in [-0.2, -0.15) is 0 Å². The van der Waals surface area contributed by atoms with Crippen LogP contribution in [0.15, 0.2) is 48.5 Å². The molecule has 1 fully saturated rings. The van der Waals surface area contributed by atoms with Crippen molar-refractivity contribution in [1.29, 1.82) is 0 Å². The van der Waals surface area contributed by atoms with Crippen LogP contribution in [0.1, 0.15) is 35.0 Å². The van der Waals surface area contributed by atoms with Gasteiger partial charge in [0.2, 0.25) is 0 Å². The number of nitrogens with zero attached hydrogens (tertiary/aromatic N) is 1. The molecule has 184 valence electrons. The van der Waals surface area contributed by atoms with Gasteiger partial charge in [0.15, 0.2) is 11.5 Å². The number of pyridine rings is 1. The first kappa shape index (κ1) is 24.8. The Balaban J connectivity index is 1.44. The second kappa shape index (κ2) is 10.9. The fraction of sp³-hybridized carbons (Fsp3) is 0.308. The van der Waals surface area contributed by atoms with Gasteiger partial charge in [-0.1, -0.05) is 11.6 Å². The smallest absolute Gasteiger partial charge is 0.251 e. The number of rotatable bonds is 10. The highest BCUT2D eigenvalue weighted by molar-refractivity contribution is 6.31. The molecule has 2 aromatic carbocycles. The minimum Gasteiger partial charge on any atom is -0.494 e. The Morgan fingerprint density at radius 1 is 1.11 bits per heavy atom. The maximum Gasteiger partial charge on any atom is 0.251 e. The number of aliphatic hydroxyl groups is 1. The molecule has 0 saturated heterocycles. The molecule has 1 atom stereocenters. The molecule has 1 aliphatic carbocycles. The highest BCUT2D eigenvalue weighted by Gasteiger charge is 2.23. The first-order valence-corrected chi connectivity index (χ1v) is 11.5. The molecular formula is C26H26ClFN2O5. The van der Waals surface area contributed by atoms with Crippen molar-refractivity contribution in [3.8, 4) is 28.5 Å². The van der Waals surface area contributed by atoms with Crippen molar-refractivity contribution in [2.24, 2.45) is 5.92 Å².